The number of aromatic amines is 1. The molecule has 0 aliphatic rings. The maximum absolute atomic E-state index is 9.18. The Kier molecular flexibility index (Phi) is 5.79. The molecule has 23 heavy (non-hydrogen) atoms. The van der Waals surface area contributed by atoms with E-state index in [1.165, 1.54) is 6.20 Å². The zero-order valence-corrected chi connectivity index (χ0v) is 14.1. The highest BCUT2D eigenvalue weighted by Crippen LogP contribution is 2.33. The predicted octanol–water partition coefficient (Wildman–Crippen LogP) is 3.55. The fraction of sp³-hybridized carbons (Fsp3) is 0.286. The first kappa shape index (κ1) is 17.1. The third-order valence-corrected chi connectivity index (χ3v) is 3.56. The van der Waals surface area contributed by atoms with Gasteiger partial charge in [-0.25, -0.2) is 0 Å². The second kappa shape index (κ2) is 7.81. The normalized spacial score (nSPS) is 11.4. The highest BCUT2D eigenvalue weighted by atomic mass is 35.5. The summed E-state index contributed by atoms with van der Waals surface area (Å²) >= 11 is 12.1. The van der Waals surface area contributed by atoms with Gasteiger partial charge in [-0.2, -0.15) is 10.5 Å². The topological polar surface area (TPSA) is 102 Å². The van der Waals surface area contributed by atoms with Crippen molar-refractivity contribution in [3.63, 3.8) is 0 Å². The summed E-state index contributed by atoms with van der Waals surface area (Å²) in [4.78, 5) is 0. The quantitative estimate of drug-likeness (QED) is 0.687. The van der Waals surface area contributed by atoms with Gasteiger partial charge in [0.25, 0.3) is 0 Å². The SMILES string of the molecule is CC(C)CNc1cc(Cl)c(Cl)cc1NC=C(C#N)c1nn[nH]n1. The third-order valence-electron chi connectivity index (χ3n) is 2.84. The van der Waals surface area contributed by atoms with E-state index in [-0.39, 0.29) is 11.4 Å². The van der Waals surface area contributed by atoms with Crippen LogP contribution in [0.2, 0.25) is 10.0 Å². The minimum atomic E-state index is 0.205. The number of aromatic nitrogens is 4. The number of anilines is 2. The molecule has 0 aliphatic heterocycles. The number of H-pyrrole nitrogens is 1. The molecule has 2 rings (SSSR count). The zero-order valence-electron chi connectivity index (χ0n) is 12.6. The van der Waals surface area contributed by atoms with Crippen molar-refractivity contribution in [1.29, 1.82) is 5.26 Å². The molecule has 9 heteroatoms. The lowest BCUT2D eigenvalue weighted by Gasteiger charge is -2.15. The Morgan fingerprint density at radius 1 is 1.35 bits per heavy atom. The van der Waals surface area contributed by atoms with E-state index in [1.54, 1.807) is 12.1 Å². The molecule has 0 unspecified atom stereocenters. The lowest BCUT2D eigenvalue weighted by atomic mass is 10.2. The number of nitrogens with one attached hydrogen (secondary N) is 3. The molecule has 0 fully saturated rings. The lowest BCUT2D eigenvalue weighted by molar-refractivity contribution is 0.689. The van der Waals surface area contributed by atoms with Crippen LogP contribution in [0.4, 0.5) is 11.4 Å². The molecule has 0 saturated carbocycles. The van der Waals surface area contributed by atoms with Crippen molar-refractivity contribution in [2.75, 3.05) is 17.2 Å². The Bertz CT molecular complexity index is 732. The van der Waals surface area contributed by atoms with Gasteiger partial charge in [0.2, 0.25) is 5.82 Å². The van der Waals surface area contributed by atoms with Crippen LogP contribution in [0.15, 0.2) is 18.3 Å². The van der Waals surface area contributed by atoms with Crippen LogP contribution in [-0.2, 0) is 0 Å². The monoisotopic (exact) mass is 351 g/mol. The van der Waals surface area contributed by atoms with E-state index in [2.05, 4.69) is 45.1 Å². The Morgan fingerprint density at radius 3 is 2.61 bits per heavy atom. The van der Waals surface area contributed by atoms with Crippen molar-refractivity contribution in [3.05, 3.63) is 34.2 Å². The molecule has 1 heterocycles. The number of benzene rings is 1. The van der Waals surface area contributed by atoms with E-state index in [0.717, 1.165) is 12.2 Å². The molecule has 1 aromatic carbocycles. The highest BCUT2D eigenvalue weighted by molar-refractivity contribution is 6.42. The molecular weight excluding hydrogens is 337 g/mol. The minimum Gasteiger partial charge on any atom is -0.383 e. The first-order chi connectivity index (χ1) is 11.0. The Hall–Kier alpha value is -2.30. The summed E-state index contributed by atoms with van der Waals surface area (Å²) in [7, 11) is 0. The summed E-state index contributed by atoms with van der Waals surface area (Å²) in [6.45, 7) is 4.97. The summed E-state index contributed by atoms with van der Waals surface area (Å²) in [6, 6.07) is 5.43. The van der Waals surface area contributed by atoms with Crippen LogP contribution >= 0.6 is 23.2 Å². The van der Waals surface area contributed by atoms with Crippen LogP contribution in [0.1, 0.15) is 19.7 Å². The molecule has 7 nitrogen and oxygen atoms in total. The number of rotatable bonds is 6. The first-order valence-electron chi connectivity index (χ1n) is 6.84. The smallest absolute Gasteiger partial charge is 0.216 e. The maximum atomic E-state index is 9.18. The molecule has 120 valence electrons. The van der Waals surface area contributed by atoms with Gasteiger partial charge in [0, 0.05) is 12.7 Å². The average Bonchev–Trinajstić information content (AvgIpc) is 3.03. The standard InChI is InChI=1S/C14H15Cl2N7/c1-8(2)6-18-12-3-10(15)11(16)4-13(12)19-7-9(5-17)14-20-22-23-21-14/h3-4,7-8,18-19H,6H2,1-2H3,(H,20,21,22,23). The minimum absolute atomic E-state index is 0.205. The molecule has 0 amide bonds. The third kappa shape index (κ3) is 4.58. The van der Waals surface area contributed by atoms with E-state index < -0.39 is 0 Å². The molecule has 0 spiro atoms. The zero-order chi connectivity index (χ0) is 16.8. The average molecular weight is 352 g/mol. The Balaban J connectivity index is 2.27. The van der Waals surface area contributed by atoms with Crippen LogP contribution in [0.25, 0.3) is 5.57 Å². The fourth-order valence-electron chi connectivity index (χ4n) is 1.70. The number of nitrogens with zero attached hydrogens (tertiary/aromatic N) is 4. The molecule has 0 saturated heterocycles. The number of tetrazole rings is 1. The van der Waals surface area contributed by atoms with E-state index in [4.69, 9.17) is 23.2 Å². The van der Waals surface area contributed by atoms with Crippen molar-refractivity contribution in [2.45, 2.75) is 13.8 Å². The van der Waals surface area contributed by atoms with Gasteiger partial charge in [0.1, 0.15) is 11.6 Å². The predicted molar refractivity (Wildman–Crippen MR) is 91.2 cm³/mol. The van der Waals surface area contributed by atoms with Crippen molar-refractivity contribution in [2.24, 2.45) is 5.92 Å². The molecule has 1 aromatic heterocycles. The number of hydrogen-bond donors (Lipinski definition) is 3. The van der Waals surface area contributed by atoms with Crippen molar-refractivity contribution in [1.82, 2.24) is 20.6 Å². The number of halogens is 2. The van der Waals surface area contributed by atoms with Crippen LogP contribution < -0.4 is 10.6 Å². The van der Waals surface area contributed by atoms with Gasteiger partial charge in [-0.1, -0.05) is 37.0 Å². The van der Waals surface area contributed by atoms with E-state index >= 15 is 0 Å². The van der Waals surface area contributed by atoms with Crippen LogP contribution in [0, 0.1) is 17.2 Å². The van der Waals surface area contributed by atoms with Crippen molar-refractivity contribution < 1.29 is 0 Å². The summed E-state index contributed by atoms with van der Waals surface area (Å²) in [5, 5.41) is 29.6. The molecule has 0 radical (unpaired) electrons. The Labute approximate surface area is 143 Å². The number of hydrogen-bond acceptors (Lipinski definition) is 6. The molecule has 0 aliphatic carbocycles. The van der Waals surface area contributed by atoms with Crippen LogP contribution in [-0.4, -0.2) is 27.2 Å². The van der Waals surface area contributed by atoms with Gasteiger partial charge in [-0.05, 0) is 23.3 Å². The van der Waals surface area contributed by atoms with Crippen LogP contribution in [0.3, 0.4) is 0 Å². The molecular formula is C14H15Cl2N7. The van der Waals surface area contributed by atoms with Crippen LogP contribution in [0.5, 0.6) is 0 Å². The summed E-state index contributed by atoms with van der Waals surface area (Å²) in [6.07, 6.45) is 1.49. The van der Waals surface area contributed by atoms with Gasteiger partial charge < -0.3 is 10.6 Å². The number of allylic oxidation sites excluding steroid dienone is 1. The second-order valence-electron chi connectivity index (χ2n) is 5.14. The first-order valence-corrected chi connectivity index (χ1v) is 7.60. The molecule has 3 N–H and O–H groups in total. The van der Waals surface area contributed by atoms with Crippen molar-refractivity contribution >= 4 is 40.1 Å². The van der Waals surface area contributed by atoms with Gasteiger partial charge in [-0.15, -0.1) is 10.2 Å². The molecule has 2 aromatic rings. The van der Waals surface area contributed by atoms with Gasteiger partial charge in [0.05, 0.1) is 21.4 Å². The highest BCUT2D eigenvalue weighted by Gasteiger charge is 2.10. The van der Waals surface area contributed by atoms with Gasteiger partial charge in [0.15, 0.2) is 0 Å². The number of nitriles is 1. The lowest BCUT2D eigenvalue weighted by Crippen LogP contribution is -2.09. The summed E-state index contributed by atoms with van der Waals surface area (Å²) in [5.74, 6) is 0.665. The van der Waals surface area contributed by atoms with E-state index in [1.807, 2.05) is 6.07 Å². The van der Waals surface area contributed by atoms with E-state index in [0.29, 0.717) is 21.7 Å². The van der Waals surface area contributed by atoms with Gasteiger partial charge >= 0.3 is 0 Å². The summed E-state index contributed by atoms with van der Waals surface area (Å²) in [5.41, 5.74) is 1.71. The summed E-state index contributed by atoms with van der Waals surface area (Å²) < 4.78 is 0. The Morgan fingerprint density at radius 2 is 2.04 bits per heavy atom. The van der Waals surface area contributed by atoms with Crippen molar-refractivity contribution in [3.8, 4) is 6.07 Å². The van der Waals surface area contributed by atoms with E-state index in [9.17, 15) is 5.26 Å². The maximum Gasteiger partial charge on any atom is 0.216 e. The molecule has 0 atom stereocenters. The molecule has 0 bridgehead atoms. The second-order valence-corrected chi connectivity index (χ2v) is 5.95. The van der Waals surface area contributed by atoms with Gasteiger partial charge in [-0.3, -0.25) is 0 Å². The largest absolute Gasteiger partial charge is 0.383 e. The fourth-order valence-corrected chi connectivity index (χ4v) is 2.03.